The summed E-state index contributed by atoms with van der Waals surface area (Å²) in [6, 6.07) is 7.61. The first kappa shape index (κ1) is 10.5. The van der Waals surface area contributed by atoms with Gasteiger partial charge >= 0.3 is 0 Å². The lowest BCUT2D eigenvalue weighted by molar-refractivity contribution is 0.628. The van der Waals surface area contributed by atoms with Gasteiger partial charge < -0.3 is 10.7 Å². The van der Waals surface area contributed by atoms with Crippen LogP contribution in [0.4, 0.5) is 10.3 Å². The van der Waals surface area contributed by atoms with Gasteiger partial charge in [-0.3, -0.25) is 9.78 Å². The normalized spacial score (nSPS) is 10.9. The molecular weight excluding hydrogens is 235 g/mol. The van der Waals surface area contributed by atoms with Gasteiger partial charge in [-0.05, 0) is 35.9 Å². The van der Waals surface area contributed by atoms with Gasteiger partial charge in [0.05, 0.1) is 5.39 Å². The number of nitrogen functional groups attached to an aromatic ring is 1. The number of nitrogens with one attached hydrogen (secondary N) is 2. The van der Waals surface area contributed by atoms with Crippen molar-refractivity contribution in [2.45, 2.75) is 0 Å². The number of H-pyrrole nitrogens is 2. The van der Waals surface area contributed by atoms with Crippen LogP contribution in [0.3, 0.4) is 0 Å². The van der Waals surface area contributed by atoms with E-state index >= 15 is 0 Å². The van der Waals surface area contributed by atoms with Crippen molar-refractivity contribution in [3.8, 4) is 11.3 Å². The molecule has 5 nitrogen and oxygen atoms in total. The summed E-state index contributed by atoms with van der Waals surface area (Å²) in [5.74, 6) is -0.255. The van der Waals surface area contributed by atoms with Gasteiger partial charge in [0.2, 0.25) is 5.95 Å². The molecule has 0 aliphatic heterocycles. The largest absolute Gasteiger partial charge is 0.369 e. The molecule has 0 atom stereocenters. The standard InChI is InChI=1S/C12H9FN4O/c13-7-3-1-6(2-4-7)9-5-8-10(15-9)16-12(14)17-11(8)18/h1-5H,(H4,14,15,16,17,18). The van der Waals surface area contributed by atoms with Crippen molar-refractivity contribution in [1.82, 2.24) is 15.0 Å². The minimum atomic E-state index is -0.310. The number of hydrogen-bond acceptors (Lipinski definition) is 3. The van der Waals surface area contributed by atoms with Crippen molar-refractivity contribution in [2.24, 2.45) is 0 Å². The molecular formula is C12H9FN4O. The number of rotatable bonds is 1. The van der Waals surface area contributed by atoms with E-state index in [1.54, 1.807) is 18.2 Å². The van der Waals surface area contributed by atoms with Crippen LogP contribution in [0.2, 0.25) is 0 Å². The Hall–Kier alpha value is -2.63. The van der Waals surface area contributed by atoms with E-state index in [0.717, 1.165) is 5.56 Å². The number of aromatic nitrogens is 3. The van der Waals surface area contributed by atoms with Gasteiger partial charge in [0, 0.05) is 5.69 Å². The molecule has 2 aromatic heterocycles. The third kappa shape index (κ3) is 1.64. The molecule has 2 heterocycles. The summed E-state index contributed by atoms with van der Waals surface area (Å²) in [6.45, 7) is 0. The molecule has 3 rings (SSSR count). The molecule has 6 heteroatoms. The van der Waals surface area contributed by atoms with Crippen molar-refractivity contribution in [1.29, 1.82) is 0 Å². The summed E-state index contributed by atoms with van der Waals surface area (Å²) < 4.78 is 12.8. The Bertz CT molecular complexity index is 773. The van der Waals surface area contributed by atoms with Crippen molar-refractivity contribution in [3.05, 3.63) is 46.5 Å². The van der Waals surface area contributed by atoms with E-state index in [0.29, 0.717) is 16.7 Å². The average Bonchev–Trinajstić information content (AvgIpc) is 2.74. The van der Waals surface area contributed by atoms with Crippen LogP contribution >= 0.6 is 0 Å². The van der Waals surface area contributed by atoms with Crippen molar-refractivity contribution in [2.75, 3.05) is 5.73 Å². The van der Waals surface area contributed by atoms with Crippen LogP contribution < -0.4 is 11.3 Å². The molecule has 0 aliphatic rings. The van der Waals surface area contributed by atoms with Crippen LogP contribution in [0.1, 0.15) is 0 Å². The predicted molar refractivity (Wildman–Crippen MR) is 66.5 cm³/mol. The second-order valence-electron chi connectivity index (χ2n) is 3.90. The van der Waals surface area contributed by atoms with Crippen LogP contribution in [-0.4, -0.2) is 15.0 Å². The molecule has 0 unspecified atom stereocenters. The Morgan fingerprint density at radius 2 is 1.89 bits per heavy atom. The van der Waals surface area contributed by atoms with Gasteiger partial charge in [-0.1, -0.05) is 0 Å². The molecule has 0 spiro atoms. The Labute approximate surface area is 100 Å². The lowest BCUT2D eigenvalue weighted by Crippen LogP contribution is -2.09. The third-order valence-corrected chi connectivity index (χ3v) is 2.67. The van der Waals surface area contributed by atoms with E-state index in [-0.39, 0.29) is 17.3 Å². The monoisotopic (exact) mass is 244 g/mol. The first-order valence-electron chi connectivity index (χ1n) is 5.28. The molecule has 1 aromatic carbocycles. The molecule has 0 radical (unpaired) electrons. The summed E-state index contributed by atoms with van der Waals surface area (Å²) in [6.07, 6.45) is 0. The fourth-order valence-electron chi connectivity index (χ4n) is 1.82. The number of anilines is 1. The molecule has 0 bridgehead atoms. The highest BCUT2D eigenvalue weighted by Gasteiger charge is 2.08. The zero-order chi connectivity index (χ0) is 12.7. The fourth-order valence-corrected chi connectivity index (χ4v) is 1.82. The topological polar surface area (TPSA) is 87.6 Å². The zero-order valence-corrected chi connectivity index (χ0v) is 9.20. The van der Waals surface area contributed by atoms with E-state index in [4.69, 9.17) is 5.73 Å². The molecule has 0 fully saturated rings. The first-order chi connectivity index (χ1) is 8.63. The molecule has 0 saturated heterocycles. The summed E-state index contributed by atoms with van der Waals surface area (Å²) in [5.41, 5.74) is 7.02. The summed E-state index contributed by atoms with van der Waals surface area (Å²) in [4.78, 5) is 21.0. The number of nitrogens with two attached hydrogens (primary N) is 1. The second kappa shape index (κ2) is 3.69. The van der Waals surface area contributed by atoms with Gasteiger partial charge in [0.15, 0.2) is 0 Å². The molecule has 90 valence electrons. The smallest absolute Gasteiger partial charge is 0.261 e. The molecule has 0 saturated carbocycles. The number of halogens is 1. The Morgan fingerprint density at radius 3 is 2.61 bits per heavy atom. The first-order valence-corrected chi connectivity index (χ1v) is 5.28. The van der Waals surface area contributed by atoms with Crippen molar-refractivity contribution >= 4 is 17.0 Å². The van der Waals surface area contributed by atoms with Crippen LogP contribution in [0.15, 0.2) is 35.1 Å². The van der Waals surface area contributed by atoms with Gasteiger partial charge in [-0.15, -0.1) is 0 Å². The van der Waals surface area contributed by atoms with Crippen LogP contribution in [0.25, 0.3) is 22.3 Å². The lowest BCUT2D eigenvalue weighted by Gasteiger charge is -1.96. The van der Waals surface area contributed by atoms with E-state index in [2.05, 4.69) is 15.0 Å². The van der Waals surface area contributed by atoms with Crippen LogP contribution in [0, 0.1) is 5.82 Å². The van der Waals surface area contributed by atoms with E-state index in [1.807, 2.05) is 0 Å². The number of aromatic amines is 2. The number of benzene rings is 1. The summed E-state index contributed by atoms with van der Waals surface area (Å²) in [5, 5.41) is 0.420. The molecule has 4 N–H and O–H groups in total. The molecule has 3 aromatic rings. The minimum Gasteiger partial charge on any atom is -0.369 e. The van der Waals surface area contributed by atoms with Crippen LogP contribution in [-0.2, 0) is 0 Å². The maximum absolute atomic E-state index is 12.8. The number of nitrogens with zero attached hydrogens (tertiary/aromatic N) is 1. The SMILES string of the molecule is Nc1nc2[nH]c(-c3ccc(F)cc3)cc2c(=O)[nH]1. The van der Waals surface area contributed by atoms with Gasteiger partial charge in [0.25, 0.3) is 5.56 Å². The quantitative estimate of drug-likeness (QED) is 0.608. The highest BCUT2D eigenvalue weighted by Crippen LogP contribution is 2.21. The fraction of sp³-hybridized carbons (Fsp3) is 0. The lowest BCUT2D eigenvalue weighted by atomic mass is 10.1. The number of fused-ring (bicyclic) bond motifs is 1. The Kier molecular flexibility index (Phi) is 2.16. The molecule has 18 heavy (non-hydrogen) atoms. The van der Waals surface area contributed by atoms with E-state index < -0.39 is 0 Å². The maximum atomic E-state index is 12.8. The highest BCUT2D eigenvalue weighted by molar-refractivity contribution is 5.82. The summed E-state index contributed by atoms with van der Waals surface area (Å²) >= 11 is 0. The average molecular weight is 244 g/mol. The van der Waals surface area contributed by atoms with Gasteiger partial charge in [-0.25, -0.2) is 4.39 Å². The predicted octanol–water partition coefficient (Wildman–Crippen LogP) is 1.64. The summed E-state index contributed by atoms with van der Waals surface area (Å²) in [7, 11) is 0. The Morgan fingerprint density at radius 1 is 1.17 bits per heavy atom. The van der Waals surface area contributed by atoms with Crippen LogP contribution in [0.5, 0.6) is 0 Å². The molecule has 0 amide bonds. The van der Waals surface area contributed by atoms with Crippen molar-refractivity contribution < 1.29 is 4.39 Å². The highest BCUT2D eigenvalue weighted by atomic mass is 19.1. The van der Waals surface area contributed by atoms with E-state index in [1.165, 1.54) is 12.1 Å². The maximum Gasteiger partial charge on any atom is 0.261 e. The van der Waals surface area contributed by atoms with E-state index in [9.17, 15) is 9.18 Å². The van der Waals surface area contributed by atoms with Gasteiger partial charge in [0.1, 0.15) is 11.5 Å². The minimum absolute atomic E-state index is 0.0556. The number of hydrogen-bond donors (Lipinski definition) is 3. The zero-order valence-electron chi connectivity index (χ0n) is 9.20. The van der Waals surface area contributed by atoms with Gasteiger partial charge in [-0.2, -0.15) is 4.98 Å². The Balaban J connectivity index is 2.22. The third-order valence-electron chi connectivity index (χ3n) is 2.67. The second-order valence-corrected chi connectivity index (χ2v) is 3.90. The van der Waals surface area contributed by atoms with Crippen molar-refractivity contribution in [3.63, 3.8) is 0 Å². The molecule has 0 aliphatic carbocycles.